The largest absolute Gasteiger partial charge is 0.504 e. The van der Waals surface area contributed by atoms with Crippen LogP contribution in [-0.4, -0.2) is 35.6 Å². The van der Waals surface area contributed by atoms with Crippen molar-refractivity contribution in [1.29, 1.82) is 0 Å². The van der Waals surface area contributed by atoms with Gasteiger partial charge in [-0.1, -0.05) is 23.3 Å². The second-order valence-electron chi connectivity index (χ2n) is 10.3. The van der Waals surface area contributed by atoms with Crippen molar-refractivity contribution in [1.82, 2.24) is 0 Å². The minimum Gasteiger partial charge on any atom is -0.504 e. The number of carbonyl (C=O) groups excluding carboxylic acids is 4. The quantitative estimate of drug-likeness (QED) is 0.209. The number of rotatable bonds is 3. The maximum Gasteiger partial charge on any atom is 0.238 e. The highest BCUT2D eigenvalue weighted by molar-refractivity contribution is 14.1. The number of ether oxygens (including phenoxy) is 1. The smallest absolute Gasteiger partial charge is 0.238 e. The summed E-state index contributed by atoms with van der Waals surface area (Å²) in [5, 5.41) is 11.0. The minimum atomic E-state index is -0.669. The van der Waals surface area contributed by atoms with Gasteiger partial charge in [-0.2, -0.15) is 0 Å². The van der Waals surface area contributed by atoms with Crippen LogP contribution in [0, 0.1) is 21.3 Å². The third-order valence-electron chi connectivity index (χ3n) is 8.25. The summed E-state index contributed by atoms with van der Waals surface area (Å²) in [7, 11) is 1.45. The number of ketones is 2. The highest BCUT2D eigenvalue weighted by Crippen LogP contribution is 2.56. The summed E-state index contributed by atoms with van der Waals surface area (Å²) in [4.78, 5) is 55.5. The average molecular weight is 656 g/mol. The number of imide groups is 1. The number of carbonyl (C=O) groups is 4. The van der Waals surface area contributed by atoms with Crippen LogP contribution in [-0.2, 0) is 19.2 Å². The van der Waals surface area contributed by atoms with E-state index in [0.29, 0.717) is 43.0 Å². The molecule has 0 bridgehead atoms. The van der Waals surface area contributed by atoms with Crippen LogP contribution in [0.5, 0.6) is 11.5 Å². The van der Waals surface area contributed by atoms with Crippen molar-refractivity contribution < 1.29 is 29.0 Å². The molecular weight excluding hydrogens is 633 g/mol. The van der Waals surface area contributed by atoms with Crippen molar-refractivity contribution in [3.63, 3.8) is 0 Å². The number of methoxy groups -OCH3 is 1. The number of benzene rings is 2. The highest BCUT2D eigenvalue weighted by atomic mass is 127. The van der Waals surface area contributed by atoms with Crippen LogP contribution in [0.15, 0.2) is 70.8 Å². The summed E-state index contributed by atoms with van der Waals surface area (Å²) >= 11 is 8.03. The van der Waals surface area contributed by atoms with Gasteiger partial charge in [0.25, 0.3) is 0 Å². The lowest BCUT2D eigenvalue weighted by molar-refractivity contribution is -0.123. The number of nitrogens with zero attached hydrogens (tertiary/aromatic N) is 1. The maximum atomic E-state index is 13.9. The Morgan fingerprint density at radius 1 is 1.05 bits per heavy atom. The van der Waals surface area contributed by atoms with Crippen LogP contribution in [0.3, 0.4) is 0 Å². The Labute approximate surface area is 243 Å². The van der Waals surface area contributed by atoms with E-state index in [-0.39, 0.29) is 41.3 Å². The first-order chi connectivity index (χ1) is 18.6. The van der Waals surface area contributed by atoms with E-state index in [1.165, 1.54) is 18.1 Å². The van der Waals surface area contributed by atoms with Gasteiger partial charge in [-0.15, -0.1) is 0 Å². The number of aromatic hydroxyl groups is 1. The molecule has 4 unspecified atom stereocenters. The van der Waals surface area contributed by atoms with E-state index in [9.17, 15) is 24.3 Å². The zero-order valence-corrected chi connectivity index (χ0v) is 23.9. The van der Waals surface area contributed by atoms with Crippen LogP contribution < -0.4 is 9.64 Å². The number of halogens is 2. The summed E-state index contributed by atoms with van der Waals surface area (Å²) in [6, 6.07) is 10.0. The molecule has 39 heavy (non-hydrogen) atoms. The van der Waals surface area contributed by atoms with Gasteiger partial charge in [-0.05, 0) is 96.3 Å². The zero-order chi connectivity index (χ0) is 27.7. The lowest BCUT2D eigenvalue weighted by Gasteiger charge is -2.42. The molecule has 0 radical (unpaired) electrons. The van der Waals surface area contributed by atoms with Gasteiger partial charge in [0.1, 0.15) is 0 Å². The first-order valence-electron chi connectivity index (χ1n) is 12.5. The van der Waals surface area contributed by atoms with Gasteiger partial charge in [-0.25, -0.2) is 0 Å². The molecule has 0 spiro atoms. The van der Waals surface area contributed by atoms with Crippen molar-refractivity contribution in [3.05, 3.63) is 85.0 Å². The predicted octanol–water partition coefficient (Wildman–Crippen LogP) is 5.29. The summed E-state index contributed by atoms with van der Waals surface area (Å²) in [6.45, 7) is 1.63. The van der Waals surface area contributed by atoms with Gasteiger partial charge in [0.15, 0.2) is 23.1 Å². The zero-order valence-electron chi connectivity index (χ0n) is 21.0. The van der Waals surface area contributed by atoms with Crippen LogP contribution in [0.25, 0.3) is 0 Å². The highest BCUT2D eigenvalue weighted by Gasteiger charge is 2.56. The number of hydrogen-bond acceptors (Lipinski definition) is 6. The fraction of sp³-hybridized carbons (Fsp3) is 0.267. The van der Waals surface area contributed by atoms with Gasteiger partial charge in [0, 0.05) is 27.7 Å². The molecular formula is C30H23ClINO6. The molecule has 0 aromatic heterocycles. The number of Topliss-reactive ketones (excluding diaryl/α,β-unsaturated/α-hetero) is 1. The molecule has 1 fully saturated rings. The molecule has 1 N–H and O–H groups in total. The lowest BCUT2D eigenvalue weighted by Crippen LogP contribution is -2.39. The van der Waals surface area contributed by atoms with Crippen LogP contribution in [0.1, 0.15) is 31.2 Å². The van der Waals surface area contributed by atoms with Crippen molar-refractivity contribution in [2.24, 2.45) is 17.8 Å². The van der Waals surface area contributed by atoms with Crippen LogP contribution in [0.2, 0.25) is 5.02 Å². The lowest BCUT2D eigenvalue weighted by atomic mass is 9.59. The van der Waals surface area contributed by atoms with Crippen molar-refractivity contribution >= 4 is 63.3 Å². The summed E-state index contributed by atoms with van der Waals surface area (Å²) in [5.41, 5.74) is 3.11. The Morgan fingerprint density at radius 2 is 1.77 bits per heavy atom. The molecule has 1 saturated heterocycles. The number of phenolic OH excluding ortho intramolecular Hbond substituents is 1. The van der Waals surface area contributed by atoms with Gasteiger partial charge in [0.2, 0.25) is 11.8 Å². The third kappa shape index (κ3) is 3.90. The van der Waals surface area contributed by atoms with Gasteiger partial charge >= 0.3 is 0 Å². The van der Waals surface area contributed by atoms with Crippen LogP contribution >= 0.6 is 34.2 Å². The van der Waals surface area contributed by atoms with Gasteiger partial charge in [-0.3, -0.25) is 24.1 Å². The van der Waals surface area contributed by atoms with E-state index in [4.69, 9.17) is 16.3 Å². The van der Waals surface area contributed by atoms with E-state index in [1.807, 2.05) is 28.7 Å². The van der Waals surface area contributed by atoms with E-state index < -0.39 is 23.7 Å². The molecule has 198 valence electrons. The molecule has 1 aliphatic heterocycles. The average Bonchev–Trinajstić information content (AvgIpc) is 3.18. The number of allylic oxidation sites excluding steroid dienone is 6. The summed E-state index contributed by atoms with van der Waals surface area (Å²) in [5.74, 6) is -3.11. The molecule has 2 amide bonds. The summed E-state index contributed by atoms with van der Waals surface area (Å²) < 4.78 is 5.93. The molecule has 2 aromatic rings. The standard InChI is InChI=1S/C30H23ClINO6/c1-13-9-22(34)20-12-19-17(24(26(20)27(13)35)14-10-21(32)28(36)23(11-14)39-2)7-8-18-25(19)30(38)33(29(18)37)16-5-3-15(31)4-6-16/h3-7,9-11,18-19,24-25,36H,8,12H2,1-2H3. The monoisotopic (exact) mass is 655 g/mol. The normalized spacial score (nSPS) is 26.2. The topological polar surface area (TPSA) is 101 Å². The minimum absolute atomic E-state index is 0.0154. The van der Waals surface area contributed by atoms with Crippen molar-refractivity contribution in [3.8, 4) is 11.5 Å². The molecule has 2 aromatic carbocycles. The molecule has 4 atom stereocenters. The third-order valence-corrected chi connectivity index (χ3v) is 9.33. The van der Waals surface area contributed by atoms with E-state index in [2.05, 4.69) is 0 Å². The molecule has 1 heterocycles. The fourth-order valence-electron chi connectivity index (χ4n) is 6.50. The fourth-order valence-corrected chi connectivity index (χ4v) is 7.25. The van der Waals surface area contributed by atoms with Gasteiger partial charge < -0.3 is 9.84 Å². The number of hydrogen-bond donors (Lipinski definition) is 1. The SMILES string of the molecule is COc1cc(C2C3=CCC4C(=O)N(c5ccc(Cl)cc5)C(=O)C4C3CC3=C2C(=O)C(C)=CC3=O)cc(I)c1O. The number of phenols is 1. The number of anilines is 1. The Bertz CT molecular complexity index is 1590. The van der Waals surface area contributed by atoms with Crippen molar-refractivity contribution in [2.75, 3.05) is 12.0 Å². The first-order valence-corrected chi connectivity index (χ1v) is 14.0. The predicted molar refractivity (Wildman–Crippen MR) is 153 cm³/mol. The number of amides is 2. The molecule has 0 saturated carbocycles. The molecule has 4 aliphatic rings. The molecule has 6 rings (SSSR count). The second kappa shape index (κ2) is 9.45. The van der Waals surface area contributed by atoms with Crippen molar-refractivity contribution in [2.45, 2.75) is 25.7 Å². The maximum absolute atomic E-state index is 13.9. The van der Waals surface area contributed by atoms with E-state index in [1.54, 1.807) is 43.3 Å². The molecule has 3 aliphatic carbocycles. The molecule has 9 heteroatoms. The Morgan fingerprint density at radius 3 is 2.46 bits per heavy atom. The Balaban J connectivity index is 1.51. The van der Waals surface area contributed by atoms with Gasteiger partial charge in [0.05, 0.1) is 28.2 Å². The van der Waals surface area contributed by atoms with E-state index >= 15 is 0 Å². The Hall–Kier alpha value is -3.24. The second-order valence-corrected chi connectivity index (χ2v) is 11.9. The van der Waals surface area contributed by atoms with E-state index in [0.717, 1.165) is 5.57 Å². The Kier molecular flexibility index (Phi) is 6.30. The van der Waals surface area contributed by atoms with Crippen LogP contribution in [0.4, 0.5) is 5.69 Å². The molecule has 7 nitrogen and oxygen atoms in total. The number of fused-ring (bicyclic) bond motifs is 3. The summed E-state index contributed by atoms with van der Waals surface area (Å²) in [6.07, 6.45) is 3.87. The first kappa shape index (κ1) is 26.0.